The molecule has 1 amide bonds. The number of nitrogens with one attached hydrogen (secondary N) is 2. The summed E-state index contributed by atoms with van der Waals surface area (Å²) < 4.78 is 0. The van der Waals surface area contributed by atoms with Crippen LogP contribution in [0.4, 0.5) is 0 Å². The van der Waals surface area contributed by atoms with Gasteiger partial charge in [0.1, 0.15) is 0 Å². The summed E-state index contributed by atoms with van der Waals surface area (Å²) in [4.78, 5) is 12.0. The Hall–Kier alpha value is -1.35. The van der Waals surface area contributed by atoms with E-state index in [9.17, 15) is 4.79 Å². The molecule has 0 spiro atoms. The standard InChI is InChI=1S/C15H22N2O/c1-3-17-15(18)14-10-13(5-4-11(14)2)12-6-8-16-9-7-12/h4-5,10,12,16H,3,6-9H2,1-2H3,(H,17,18). The summed E-state index contributed by atoms with van der Waals surface area (Å²) in [6, 6.07) is 6.33. The van der Waals surface area contributed by atoms with Crippen LogP contribution in [0.25, 0.3) is 0 Å². The molecule has 0 aliphatic carbocycles. The van der Waals surface area contributed by atoms with E-state index < -0.39 is 0 Å². The van der Waals surface area contributed by atoms with Gasteiger partial charge >= 0.3 is 0 Å². The first-order valence-electron chi connectivity index (χ1n) is 6.82. The highest BCUT2D eigenvalue weighted by Gasteiger charge is 2.17. The number of aryl methyl sites for hydroxylation is 1. The highest BCUT2D eigenvalue weighted by Crippen LogP contribution is 2.26. The number of hydrogen-bond acceptors (Lipinski definition) is 2. The van der Waals surface area contributed by atoms with Gasteiger partial charge in [-0.05, 0) is 62.9 Å². The third kappa shape index (κ3) is 2.91. The molecule has 0 unspecified atom stereocenters. The predicted octanol–water partition coefficient (Wildman–Crippen LogP) is 2.21. The van der Waals surface area contributed by atoms with Gasteiger partial charge in [0.15, 0.2) is 0 Å². The number of rotatable bonds is 3. The highest BCUT2D eigenvalue weighted by atomic mass is 16.1. The number of amides is 1. The smallest absolute Gasteiger partial charge is 0.251 e. The zero-order valence-electron chi connectivity index (χ0n) is 11.3. The lowest BCUT2D eigenvalue weighted by atomic mass is 9.88. The normalized spacial score (nSPS) is 16.6. The van der Waals surface area contributed by atoms with Gasteiger partial charge in [0.2, 0.25) is 0 Å². The Bertz CT molecular complexity index is 423. The molecule has 18 heavy (non-hydrogen) atoms. The number of hydrogen-bond donors (Lipinski definition) is 2. The fraction of sp³-hybridized carbons (Fsp3) is 0.533. The first-order valence-corrected chi connectivity index (χ1v) is 6.82. The molecule has 3 nitrogen and oxygen atoms in total. The zero-order valence-corrected chi connectivity index (χ0v) is 11.3. The van der Waals surface area contributed by atoms with Crippen molar-refractivity contribution >= 4 is 5.91 Å². The van der Waals surface area contributed by atoms with Gasteiger partial charge in [0.25, 0.3) is 5.91 Å². The fourth-order valence-corrected chi connectivity index (χ4v) is 2.55. The second kappa shape index (κ2) is 6.01. The quantitative estimate of drug-likeness (QED) is 0.858. The molecule has 1 saturated heterocycles. The van der Waals surface area contributed by atoms with Crippen LogP contribution in [0.2, 0.25) is 0 Å². The Morgan fingerprint density at radius 3 is 2.78 bits per heavy atom. The molecule has 0 aromatic heterocycles. The van der Waals surface area contributed by atoms with Crippen LogP contribution in [0.15, 0.2) is 18.2 Å². The van der Waals surface area contributed by atoms with Crippen LogP contribution in [0.3, 0.4) is 0 Å². The van der Waals surface area contributed by atoms with Gasteiger partial charge in [-0.25, -0.2) is 0 Å². The van der Waals surface area contributed by atoms with E-state index in [4.69, 9.17) is 0 Å². The Balaban J connectivity index is 2.22. The molecule has 98 valence electrons. The maximum absolute atomic E-state index is 12.0. The van der Waals surface area contributed by atoms with E-state index in [-0.39, 0.29) is 5.91 Å². The van der Waals surface area contributed by atoms with E-state index in [1.165, 1.54) is 5.56 Å². The summed E-state index contributed by atoms with van der Waals surface area (Å²) in [6.07, 6.45) is 2.33. The molecule has 0 bridgehead atoms. The Kier molecular flexibility index (Phi) is 4.37. The van der Waals surface area contributed by atoms with E-state index in [0.29, 0.717) is 12.5 Å². The predicted molar refractivity (Wildman–Crippen MR) is 74.0 cm³/mol. The van der Waals surface area contributed by atoms with Crippen LogP contribution in [-0.2, 0) is 0 Å². The topological polar surface area (TPSA) is 41.1 Å². The van der Waals surface area contributed by atoms with E-state index in [1.807, 2.05) is 13.8 Å². The second-order valence-electron chi connectivity index (χ2n) is 4.96. The van der Waals surface area contributed by atoms with Crippen molar-refractivity contribution in [3.8, 4) is 0 Å². The Morgan fingerprint density at radius 1 is 1.39 bits per heavy atom. The summed E-state index contributed by atoms with van der Waals surface area (Å²) in [5.74, 6) is 0.644. The number of carbonyl (C=O) groups is 1. The molecule has 3 heteroatoms. The number of benzene rings is 1. The van der Waals surface area contributed by atoms with Crippen LogP contribution in [0, 0.1) is 6.92 Å². The van der Waals surface area contributed by atoms with Crippen molar-refractivity contribution in [2.75, 3.05) is 19.6 Å². The van der Waals surface area contributed by atoms with E-state index in [1.54, 1.807) is 0 Å². The molecule has 1 heterocycles. The second-order valence-corrected chi connectivity index (χ2v) is 4.96. The molecule has 2 rings (SSSR count). The average Bonchev–Trinajstić information content (AvgIpc) is 2.40. The largest absolute Gasteiger partial charge is 0.352 e. The summed E-state index contributed by atoms with van der Waals surface area (Å²) in [7, 11) is 0. The first-order chi connectivity index (χ1) is 8.72. The maximum Gasteiger partial charge on any atom is 0.251 e. The van der Waals surface area contributed by atoms with Gasteiger partial charge < -0.3 is 10.6 Å². The number of piperidine rings is 1. The van der Waals surface area contributed by atoms with Crippen molar-refractivity contribution in [2.45, 2.75) is 32.6 Å². The average molecular weight is 246 g/mol. The molecule has 0 saturated carbocycles. The van der Waals surface area contributed by atoms with Crippen LogP contribution < -0.4 is 10.6 Å². The summed E-state index contributed by atoms with van der Waals surface area (Å²) >= 11 is 0. The van der Waals surface area contributed by atoms with E-state index in [2.05, 4.69) is 28.8 Å². The van der Waals surface area contributed by atoms with Crippen molar-refractivity contribution < 1.29 is 4.79 Å². The van der Waals surface area contributed by atoms with Gasteiger partial charge in [-0.1, -0.05) is 12.1 Å². The minimum atomic E-state index is 0.0470. The lowest BCUT2D eigenvalue weighted by Gasteiger charge is -2.23. The molecule has 1 aliphatic rings. The summed E-state index contributed by atoms with van der Waals surface area (Å²) in [5, 5.41) is 6.26. The van der Waals surface area contributed by atoms with Crippen molar-refractivity contribution in [2.24, 2.45) is 0 Å². The van der Waals surface area contributed by atoms with E-state index >= 15 is 0 Å². The Morgan fingerprint density at radius 2 is 2.11 bits per heavy atom. The molecule has 1 aliphatic heterocycles. The van der Waals surface area contributed by atoms with Crippen LogP contribution in [0.5, 0.6) is 0 Å². The van der Waals surface area contributed by atoms with Crippen LogP contribution in [-0.4, -0.2) is 25.5 Å². The van der Waals surface area contributed by atoms with Crippen molar-refractivity contribution in [3.63, 3.8) is 0 Å². The molecule has 1 fully saturated rings. The summed E-state index contributed by atoms with van der Waals surface area (Å²) in [6.45, 7) is 6.78. The summed E-state index contributed by atoms with van der Waals surface area (Å²) in [5.41, 5.74) is 3.19. The zero-order chi connectivity index (χ0) is 13.0. The maximum atomic E-state index is 12.0. The molecule has 1 aromatic carbocycles. The van der Waals surface area contributed by atoms with Crippen LogP contribution in [0.1, 0.15) is 47.2 Å². The SMILES string of the molecule is CCNC(=O)c1cc(C2CCNCC2)ccc1C. The van der Waals surface area contributed by atoms with Gasteiger partial charge in [0, 0.05) is 12.1 Å². The van der Waals surface area contributed by atoms with E-state index in [0.717, 1.165) is 37.1 Å². The molecule has 0 atom stereocenters. The van der Waals surface area contributed by atoms with Gasteiger partial charge in [-0.15, -0.1) is 0 Å². The first kappa shape index (κ1) is 13.1. The van der Waals surface area contributed by atoms with Gasteiger partial charge in [-0.3, -0.25) is 4.79 Å². The molecule has 1 aromatic rings. The minimum Gasteiger partial charge on any atom is -0.352 e. The lowest BCUT2D eigenvalue weighted by molar-refractivity contribution is 0.0955. The lowest BCUT2D eigenvalue weighted by Crippen LogP contribution is -2.27. The highest BCUT2D eigenvalue weighted by molar-refractivity contribution is 5.95. The monoisotopic (exact) mass is 246 g/mol. The Labute approximate surface area is 109 Å². The molecular formula is C15H22N2O. The molecular weight excluding hydrogens is 224 g/mol. The van der Waals surface area contributed by atoms with Crippen molar-refractivity contribution in [3.05, 3.63) is 34.9 Å². The minimum absolute atomic E-state index is 0.0470. The van der Waals surface area contributed by atoms with Crippen LogP contribution >= 0.6 is 0 Å². The van der Waals surface area contributed by atoms with Gasteiger partial charge in [0.05, 0.1) is 0 Å². The third-order valence-corrected chi connectivity index (χ3v) is 3.65. The molecule has 2 N–H and O–H groups in total. The third-order valence-electron chi connectivity index (χ3n) is 3.65. The fourth-order valence-electron chi connectivity index (χ4n) is 2.55. The number of carbonyl (C=O) groups excluding carboxylic acids is 1. The van der Waals surface area contributed by atoms with Crippen molar-refractivity contribution in [1.82, 2.24) is 10.6 Å². The molecule has 0 radical (unpaired) electrons. The van der Waals surface area contributed by atoms with Gasteiger partial charge in [-0.2, -0.15) is 0 Å². The van der Waals surface area contributed by atoms with Crippen molar-refractivity contribution in [1.29, 1.82) is 0 Å².